The van der Waals surface area contributed by atoms with Gasteiger partial charge in [-0.25, -0.2) is 0 Å². The predicted octanol–water partition coefficient (Wildman–Crippen LogP) is 3.55. The van der Waals surface area contributed by atoms with E-state index in [0.29, 0.717) is 6.10 Å². The van der Waals surface area contributed by atoms with E-state index < -0.39 is 0 Å². The molecule has 1 aromatic carbocycles. The van der Waals surface area contributed by atoms with Crippen LogP contribution in [0.4, 0.5) is 0 Å². The van der Waals surface area contributed by atoms with Crippen LogP contribution in [0.25, 0.3) is 0 Å². The van der Waals surface area contributed by atoms with Crippen molar-refractivity contribution in [2.45, 2.75) is 39.8 Å². The second-order valence-electron chi connectivity index (χ2n) is 4.53. The molecule has 0 aliphatic carbocycles. The summed E-state index contributed by atoms with van der Waals surface area (Å²) in [4.78, 5) is 0. The molecule has 0 aromatic heterocycles. The van der Waals surface area contributed by atoms with Gasteiger partial charge in [-0.3, -0.25) is 0 Å². The van der Waals surface area contributed by atoms with Crippen molar-refractivity contribution < 1.29 is 4.74 Å². The van der Waals surface area contributed by atoms with Gasteiger partial charge in [0.25, 0.3) is 0 Å². The van der Waals surface area contributed by atoms with Gasteiger partial charge in [-0.15, -0.1) is 0 Å². The Hall–Kier alpha value is -0.570. The summed E-state index contributed by atoms with van der Waals surface area (Å²) < 4.78 is 5.47. The normalized spacial score (nSPS) is 11.1. The highest BCUT2D eigenvalue weighted by molar-refractivity contribution is 6.31. The zero-order chi connectivity index (χ0) is 12.7. The number of benzene rings is 1. The number of halogens is 1. The molecule has 3 heteroatoms. The summed E-state index contributed by atoms with van der Waals surface area (Å²) in [5.74, 6) is 0. The van der Waals surface area contributed by atoms with Crippen molar-refractivity contribution in [1.82, 2.24) is 5.32 Å². The van der Waals surface area contributed by atoms with E-state index in [1.165, 1.54) is 5.56 Å². The highest BCUT2D eigenvalue weighted by atomic mass is 35.5. The molecule has 0 amide bonds. The Morgan fingerprint density at radius 3 is 2.76 bits per heavy atom. The van der Waals surface area contributed by atoms with Crippen LogP contribution in [0, 0.1) is 6.92 Å². The zero-order valence-electron chi connectivity index (χ0n) is 10.9. The fourth-order valence-electron chi connectivity index (χ4n) is 1.50. The summed E-state index contributed by atoms with van der Waals surface area (Å²) in [6.07, 6.45) is 1.36. The second-order valence-corrected chi connectivity index (χ2v) is 4.94. The molecule has 0 spiro atoms. The maximum atomic E-state index is 6.06. The van der Waals surface area contributed by atoms with Crippen LogP contribution in [0.2, 0.25) is 5.02 Å². The highest BCUT2D eigenvalue weighted by Crippen LogP contribution is 2.16. The van der Waals surface area contributed by atoms with Crippen molar-refractivity contribution in [2.75, 3.05) is 13.2 Å². The van der Waals surface area contributed by atoms with Crippen LogP contribution in [0.1, 0.15) is 31.4 Å². The summed E-state index contributed by atoms with van der Waals surface area (Å²) in [7, 11) is 0. The Morgan fingerprint density at radius 2 is 2.12 bits per heavy atom. The van der Waals surface area contributed by atoms with Gasteiger partial charge < -0.3 is 10.1 Å². The largest absolute Gasteiger partial charge is 0.379 e. The standard InChI is InChI=1S/C14H22ClNO/c1-11(2)17-8-4-7-16-10-13-6-5-12(3)14(15)9-13/h5-6,9,11,16H,4,7-8,10H2,1-3H3. The van der Waals surface area contributed by atoms with Gasteiger partial charge >= 0.3 is 0 Å². The molecular weight excluding hydrogens is 234 g/mol. The lowest BCUT2D eigenvalue weighted by Gasteiger charge is -2.08. The van der Waals surface area contributed by atoms with E-state index >= 15 is 0 Å². The van der Waals surface area contributed by atoms with Crippen molar-refractivity contribution in [2.24, 2.45) is 0 Å². The molecule has 1 N–H and O–H groups in total. The van der Waals surface area contributed by atoms with E-state index in [-0.39, 0.29) is 0 Å². The molecule has 0 unspecified atom stereocenters. The molecule has 96 valence electrons. The molecule has 17 heavy (non-hydrogen) atoms. The lowest BCUT2D eigenvalue weighted by Crippen LogP contribution is -2.17. The monoisotopic (exact) mass is 255 g/mol. The topological polar surface area (TPSA) is 21.3 Å². The van der Waals surface area contributed by atoms with E-state index in [0.717, 1.165) is 36.7 Å². The quantitative estimate of drug-likeness (QED) is 0.753. The maximum Gasteiger partial charge on any atom is 0.0518 e. The fraction of sp³-hybridized carbons (Fsp3) is 0.571. The fourth-order valence-corrected chi connectivity index (χ4v) is 1.70. The van der Waals surface area contributed by atoms with Gasteiger partial charge in [0, 0.05) is 18.2 Å². The highest BCUT2D eigenvalue weighted by Gasteiger charge is 1.98. The first-order chi connectivity index (χ1) is 8.09. The van der Waals surface area contributed by atoms with Crippen LogP contribution in [-0.4, -0.2) is 19.3 Å². The van der Waals surface area contributed by atoms with Crippen LogP contribution in [0.3, 0.4) is 0 Å². The summed E-state index contributed by atoms with van der Waals surface area (Å²) in [6.45, 7) is 8.78. The van der Waals surface area contributed by atoms with E-state index in [4.69, 9.17) is 16.3 Å². The summed E-state index contributed by atoms with van der Waals surface area (Å²) in [5, 5.41) is 4.22. The van der Waals surface area contributed by atoms with Crippen LogP contribution in [0.15, 0.2) is 18.2 Å². The van der Waals surface area contributed by atoms with Crippen molar-refractivity contribution in [3.8, 4) is 0 Å². The van der Waals surface area contributed by atoms with Crippen LogP contribution in [0.5, 0.6) is 0 Å². The van der Waals surface area contributed by atoms with Crippen molar-refractivity contribution >= 4 is 11.6 Å². The molecule has 1 aromatic rings. The number of aryl methyl sites for hydroxylation is 1. The first-order valence-electron chi connectivity index (χ1n) is 6.17. The Labute approximate surface area is 109 Å². The SMILES string of the molecule is Cc1ccc(CNCCCOC(C)C)cc1Cl. The molecule has 0 radical (unpaired) electrons. The summed E-state index contributed by atoms with van der Waals surface area (Å²) in [6, 6.07) is 6.19. The first kappa shape index (κ1) is 14.5. The molecule has 1 rings (SSSR count). The van der Waals surface area contributed by atoms with Gasteiger partial charge in [0.1, 0.15) is 0 Å². The Morgan fingerprint density at radius 1 is 1.35 bits per heavy atom. The van der Waals surface area contributed by atoms with Gasteiger partial charge in [-0.1, -0.05) is 23.7 Å². The van der Waals surface area contributed by atoms with E-state index in [9.17, 15) is 0 Å². The van der Waals surface area contributed by atoms with Gasteiger partial charge in [0.15, 0.2) is 0 Å². The minimum absolute atomic E-state index is 0.325. The molecule has 2 nitrogen and oxygen atoms in total. The first-order valence-corrected chi connectivity index (χ1v) is 6.54. The smallest absolute Gasteiger partial charge is 0.0518 e. The average molecular weight is 256 g/mol. The number of hydrogen-bond acceptors (Lipinski definition) is 2. The van der Waals surface area contributed by atoms with E-state index in [1.54, 1.807) is 0 Å². The lowest BCUT2D eigenvalue weighted by atomic mass is 10.1. The van der Waals surface area contributed by atoms with Crippen LogP contribution < -0.4 is 5.32 Å². The minimum atomic E-state index is 0.325. The van der Waals surface area contributed by atoms with E-state index in [2.05, 4.69) is 31.3 Å². The van der Waals surface area contributed by atoms with Crippen molar-refractivity contribution in [3.05, 3.63) is 34.3 Å². The van der Waals surface area contributed by atoms with Crippen molar-refractivity contribution in [3.63, 3.8) is 0 Å². The predicted molar refractivity (Wildman–Crippen MR) is 73.6 cm³/mol. The van der Waals surface area contributed by atoms with Crippen molar-refractivity contribution in [1.29, 1.82) is 0 Å². The van der Waals surface area contributed by atoms with Gasteiger partial charge in [0.2, 0.25) is 0 Å². The Balaban J connectivity index is 2.16. The molecule has 0 bridgehead atoms. The summed E-state index contributed by atoms with van der Waals surface area (Å²) >= 11 is 6.06. The molecule has 0 saturated carbocycles. The van der Waals surface area contributed by atoms with Crippen LogP contribution >= 0.6 is 11.6 Å². The zero-order valence-corrected chi connectivity index (χ0v) is 11.7. The third kappa shape index (κ3) is 6.06. The second kappa shape index (κ2) is 7.70. The summed E-state index contributed by atoms with van der Waals surface area (Å²) in [5.41, 5.74) is 2.35. The number of ether oxygens (including phenoxy) is 1. The Bertz CT molecular complexity index is 339. The number of rotatable bonds is 7. The average Bonchev–Trinajstić information content (AvgIpc) is 2.27. The molecular formula is C14H22ClNO. The van der Waals surface area contributed by atoms with Gasteiger partial charge in [-0.05, 0) is 50.9 Å². The molecule has 0 atom stereocenters. The molecule has 0 saturated heterocycles. The van der Waals surface area contributed by atoms with Gasteiger partial charge in [-0.2, -0.15) is 0 Å². The Kier molecular flexibility index (Phi) is 6.56. The molecule has 0 aliphatic rings. The lowest BCUT2D eigenvalue weighted by molar-refractivity contribution is 0.0770. The number of nitrogens with one attached hydrogen (secondary N) is 1. The minimum Gasteiger partial charge on any atom is -0.379 e. The number of hydrogen-bond donors (Lipinski definition) is 1. The maximum absolute atomic E-state index is 6.06. The molecule has 0 fully saturated rings. The molecule has 0 heterocycles. The van der Waals surface area contributed by atoms with Gasteiger partial charge in [0.05, 0.1) is 6.10 Å². The molecule has 0 aliphatic heterocycles. The third-order valence-electron chi connectivity index (χ3n) is 2.51. The third-order valence-corrected chi connectivity index (χ3v) is 2.92. The van der Waals surface area contributed by atoms with E-state index in [1.807, 2.05) is 13.0 Å². The van der Waals surface area contributed by atoms with Crippen LogP contribution in [-0.2, 0) is 11.3 Å².